The van der Waals surface area contributed by atoms with Gasteiger partial charge in [-0.25, -0.2) is 0 Å². The smallest absolute Gasteiger partial charge is 0.0580 e. The summed E-state index contributed by atoms with van der Waals surface area (Å²) >= 11 is 0. The number of aliphatic hydroxyl groups is 1. The molecule has 0 rings (SSSR count). The van der Waals surface area contributed by atoms with Crippen LogP contribution in [0.2, 0.25) is 0 Å². The lowest BCUT2D eigenvalue weighted by atomic mass is 9.90. The van der Waals surface area contributed by atoms with Gasteiger partial charge in [-0.2, -0.15) is 0 Å². The van der Waals surface area contributed by atoms with Crippen LogP contribution in [0.5, 0.6) is 0 Å². The van der Waals surface area contributed by atoms with Crippen molar-refractivity contribution in [2.75, 3.05) is 6.61 Å². The highest BCUT2D eigenvalue weighted by Crippen LogP contribution is 2.24. The van der Waals surface area contributed by atoms with Crippen LogP contribution in [0.15, 0.2) is 0 Å². The van der Waals surface area contributed by atoms with Crippen molar-refractivity contribution in [3.05, 3.63) is 0 Å². The van der Waals surface area contributed by atoms with E-state index in [1.807, 2.05) is 0 Å². The van der Waals surface area contributed by atoms with E-state index in [1.165, 1.54) is 12.8 Å². The largest absolute Gasteiger partial charge is 0.393 e. The highest BCUT2D eigenvalue weighted by atomic mass is 16.5. The Bertz CT molecular complexity index is 324. The van der Waals surface area contributed by atoms with Crippen molar-refractivity contribution in [3.8, 4) is 0 Å². The average Bonchev–Trinajstić information content (AvgIpc) is 2.41. The standard InChI is InChI=1S/C24H50O2/c1-17(2)10-20(7)13-23(25)14-22(9)16-26-24(12-19(5)6)15-21(8)11-18(3)4/h17-25H,10-16H2,1-9H3. The van der Waals surface area contributed by atoms with Crippen LogP contribution < -0.4 is 0 Å². The maximum atomic E-state index is 10.4. The second-order valence-electron chi connectivity index (χ2n) is 10.5. The first-order chi connectivity index (χ1) is 12.0. The Morgan fingerprint density at radius 1 is 0.538 bits per heavy atom. The molecular weight excluding hydrogens is 320 g/mol. The summed E-state index contributed by atoms with van der Waals surface area (Å²) in [5, 5.41) is 10.4. The summed E-state index contributed by atoms with van der Waals surface area (Å²) in [6, 6.07) is 0. The summed E-state index contributed by atoms with van der Waals surface area (Å²) < 4.78 is 6.33. The van der Waals surface area contributed by atoms with E-state index < -0.39 is 0 Å². The van der Waals surface area contributed by atoms with Gasteiger partial charge in [0.25, 0.3) is 0 Å². The molecule has 5 atom stereocenters. The number of aliphatic hydroxyl groups excluding tert-OH is 1. The number of hydrogen-bond acceptors (Lipinski definition) is 2. The SMILES string of the molecule is CC(C)CC(C)CC(O)CC(C)COC(CC(C)C)CC(C)CC(C)C. The molecule has 0 fully saturated rings. The molecule has 0 amide bonds. The van der Waals surface area contributed by atoms with Crippen molar-refractivity contribution < 1.29 is 9.84 Å². The first-order valence-corrected chi connectivity index (χ1v) is 11.3. The van der Waals surface area contributed by atoms with E-state index in [1.54, 1.807) is 0 Å². The van der Waals surface area contributed by atoms with E-state index in [0.717, 1.165) is 44.1 Å². The van der Waals surface area contributed by atoms with Gasteiger partial charge >= 0.3 is 0 Å². The molecule has 0 heterocycles. The van der Waals surface area contributed by atoms with E-state index in [2.05, 4.69) is 62.3 Å². The molecule has 5 unspecified atom stereocenters. The molecule has 0 saturated heterocycles. The molecule has 0 aromatic heterocycles. The van der Waals surface area contributed by atoms with Gasteiger partial charge in [-0.3, -0.25) is 0 Å². The lowest BCUT2D eigenvalue weighted by Crippen LogP contribution is -2.24. The van der Waals surface area contributed by atoms with Crippen LogP contribution in [0.3, 0.4) is 0 Å². The fourth-order valence-corrected chi connectivity index (χ4v) is 4.40. The van der Waals surface area contributed by atoms with E-state index in [4.69, 9.17) is 4.74 Å². The van der Waals surface area contributed by atoms with Crippen molar-refractivity contribution in [1.82, 2.24) is 0 Å². The molecule has 2 nitrogen and oxygen atoms in total. The number of ether oxygens (including phenoxy) is 1. The predicted octanol–water partition coefficient (Wildman–Crippen LogP) is 6.95. The van der Waals surface area contributed by atoms with Crippen molar-refractivity contribution in [2.45, 2.75) is 113 Å². The van der Waals surface area contributed by atoms with Crippen LogP contribution in [-0.2, 0) is 4.74 Å². The molecule has 2 heteroatoms. The van der Waals surface area contributed by atoms with Crippen molar-refractivity contribution >= 4 is 0 Å². The quantitative estimate of drug-likeness (QED) is 0.338. The molecule has 0 aliphatic rings. The van der Waals surface area contributed by atoms with Crippen molar-refractivity contribution in [2.24, 2.45) is 35.5 Å². The van der Waals surface area contributed by atoms with Gasteiger partial charge in [-0.05, 0) is 74.0 Å². The van der Waals surface area contributed by atoms with Crippen molar-refractivity contribution in [3.63, 3.8) is 0 Å². The van der Waals surface area contributed by atoms with Crippen LogP contribution in [0, 0.1) is 35.5 Å². The summed E-state index contributed by atoms with van der Waals surface area (Å²) in [7, 11) is 0. The minimum Gasteiger partial charge on any atom is -0.393 e. The average molecular weight is 371 g/mol. The number of rotatable bonds is 15. The second-order valence-corrected chi connectivity index (χ2v) is 10.5. The van der Waals surface area contributed by atoms with Gasteiger partial charge in [0.05, 0.1) is 12.2 Å². The third-order valence-corrected chi connectivity index (χ3v) is 5.11. The summed E-state index contributed by atoms with van der Waals surface area (Å²) in [6.07, 6.45) is 6.74. The molecule has 0 radical (unpaired) electrons. The zero-order valence-electron chi connectivity index (χ0n) is 19.4. The highest BCUT2D eigenvalue weighted by Gasteiger charge is 2.19. The van der Waals surface area contributed by atoms with E-state index in [0.29, 0.717) is 29.8 Å². The zero-order chi connectivity index (χ0) is 20.3. The van der Waals surface area contributed by atoms with Crippen LogP contribution in [0.4, 0.5) is 0 Å². The van der Waals surface area contributed by atoms with Gasteiger partial charge < -0.3 is 9.84 Å². The monoisotopic (exact) mass is 370 g/mol. The van der Waals surface area contributed by atoms with Gasteiger partial charge in [-0.1, -0.05) is 62.3 Å². The summed E-state index contributed by atoms with van der Waals surface area (Å²) in [5.74, 6) is 3.88. The van der Waals surface area contributed by atoms with Gasteiger partial charge in [0.15, 0.2) is 0 Å². The summed E-state index contributed by atoms with van der Waals surface area (Å²) in [5.41, 5.74) is 0. The fraction of sp³-hybridized carbons (Fsp3) is 1.00. The molecule has 0 aromatic rings. The van der Waals surface area contributed by atoms with Crippen molar-refractivity contribution in [1.29, 1.82) is 0 Å². The summed E-state index contributed by atoms with van der Waals surface area (Å²) in [6.45, 7) is 21.3. The Morgan fingerprint density at radius 3 is 1.42 bits per heavy atom. The first-order valence-electron chi connectivity index (χ1n) is 11.3. The molecule has 0 aliphatic carbocycles. The van der Waals surface area contributed by atoms with Crippen LogP contribution in [0.25, 0.3) is 0 Å². The maximum Gasteiger partial charge on any atom is 0.0580 e. The molecule has 0 spiro atoms. The fourth-order valence-electron chi connectivity index (χ4n) is 4.40. The van der Waals surface area contributed by atoms with Crippen LogP contribution in [0.1, 0.15) is 101 Å². The highest BCUT2D eigenvalue weighted by molar-refractivity contribution is 4.70. The Labute approximate surface area is 165 Å². The maximum absolute atomic E-state index is 10.4. The molecule has 1 N–H and O–H groups in total. The Kier molecular flexibility index (Phi) is 14.0. The second kappa shape index (κ2) is 14.0. The molecule has 0 bridgehead atoms. The molecule has 158 valence electrons. The van der Waals surface area contributed by atoms with Gasteiger partial charge in [0.2, 0.25) is 0 Å². The minimum atomic E-state index is -0.189. The van der Waals surface area contributed by atoms with E-state index in [9.17, 15) is 5.11 Å². The molecule has 0 saturated carbocycles. The molecule has 0 aromatic carbocycles. The van der Waals surface area contributed by atoms with E-state index >= 15 is 0 Å². The van der Waals surface area contributed by atoms with Crippen LogP contribution >= 0.6 is 0 Å². The van der Waals surface area contributed by atoms with Gasteiger partial charge in [0, 0.05) is 6.61 Å². The third-order valence-electron chi connectivity index (χ3n) is 5.11. The van der Waals surface area contributed by atoms with E-state index in [-0.39, 0.29) is 6.10 Å². The number of hydrogen-bond donors (Lipinski definition) is 1. The summed E-state index contributed by atoms with van der Waals surface area (Å²) in [4.78, 5) is 0. The first kappa shape index (κ1) is 25.9. The Morgan fingerprint density at radius 2 is 0.962 bits per heavy atom. The Balaban J connectivity index is 4.30. The van der Waals surface area contributed by atoms with Gasteiger partial charge in [-0.15, -0.1) is 0 Å². The topological polar surface area (TPSA) is 29.5 Å². The molecule has 0 aliphatic heterocycles. The lowest BCUT2D eigenvalue weighted by molar-refractivity contribution is -0.00519. The lowest BCUT2D eigenvalue weighted by Gasteiger charge is -2.26. The Hall–Kier alpha value is -0.0800. The molecular formula is C24H50O2. The normalized spacial score (nSPS) is 18.3. The third kappa shape index (κ3) is 15.0. The zero-order valence-corrected chi connectivity index (χ0v) is 19.4. The van der Waals surface area contributed by atoms with Gasteiger partial charge in [0.1, 0.15) is 0 Å². The molecule has 26 heavy (non-hydrogen) atoms. The minimum absolute atomic E-state index is 0.189. The predicted molar refractivity (Wildman–Crippen MR) is 115 cm³/mol. The van der Waals surface area contributed by atoms with Crippen LogP contribution in [-0.4, -0.2) is 23.9 Å².